The smallest absolute Gasteiger partial charge is 0.261 e. The topological polar surface area (TPSA) is 144 Å². The van der Waals surface area contributed by atoms with Gasteiger partial charge in [0.2, 0.25) is 0 Å². The second-order valence-corrected chi connectivity index (χ2v) is 4.72. The maximum absolute atomic E-state index is 11.8. The van der Waals surface area contributed by atoms with Crippen molar-refractivity contribution in [3.05, 3.63) is 28.4 Å². The van der Waals surface area contributed by atoms with Crippen molar-refractivity contribution in [1.29, 1.82) is 5.26 Å². The molecule has 1 aliphatic heterocycles. The van der Waals surface area contributed by atoms with E-state index in [1.165, 1.54) is 17.1 Å². The van der Waals surface area contributed by atoms with Crippen LogP contribution in [0.15, 0.2) is 17.3 Å². The van der Waals surface area contributed by atoms with Crippen LogP contribution in [0.5, 0.6) is 0 Å². The number of ether oxygens (including phenoxy) is 1. The van der Waals surface area contributed by atoms with Crippen LogP contribution in [0.2, 0.25) is 0 Å². The summed E-state index contributed by atoms with van der Waals surface area (Å²) in [7, 11) is 0. The fraction of sp³-hybridized carbons (Fsp3) is 0.417. The van der Waals surface area contributed by atoms with Crippen LogP contribution in [0.25, 0.3) is 11.0 Å². The minimum atomic E-state index is -1.31. The van der Waals surface area contributed by atoms with Gasteiger partial charge in [-0.3, -0.25) is 4.79 Å². The summed E-state index contributed by atoms with van der Waals surface area (Å²) in [5.41, 5.74) is -0.246. The number of fused-ring (bicyclic) bond motifs is 1. The number of nitrogens with zero attached hydrogens (tertiary/aromatic N) is 3. The van der Waals surface area contributed by atoms with E-state index in [1.54, 1.807) is 0 Å². The van der Waals surface area contributed by atoms with Crippen LogP contribution < -0.4 is 5.56 Å². The maximum Gasteiger partial charge on any atom is 0.261 e. The summed E-state index contributed by atoms with van der Waals surface area (Å²) in [6.07, 6.45) is -2.09. The van der Waals surface area contributed by atoms with Gasteiger partial charge in [-0.15, -0.1) is 0 Å². The Morgan fingerprint density at radius 1 is 1.48 bits per heavy atom. The largest absolute Gasteiger partial charge is 0.394 e. The molecule has 1 fully saturated rings. The monoisotopic (exact) mass is 292 g/mol. The molecule has 0 aromatic carbocycles. The summed E-state index contributed by atoms with van der Waals surface area (Å²) in [6.45, 7) is -0.465. The van der Waals surface area contributed by atoms with E-state index >= 15 is 0 Å². The molecule has 2 aromatic heterocycles. The van der Waals surface area contributed by atoms with Crippen molar-refractivity contribution in [3.8, 4) is 6.07 Å². The Morgan fingerprint density at radius 2 is 2.24 bits per heavy atom. The van der Waals surface area contributed by atoms with Crippen LogP contribution in [0.1, 0.15) is 11.8 Å². The average Bonchev–Trinajstić information content (AvgIpc) is 2.99. The Bertz CT molecular complexity index is 776. The van der Waals surface area contributed by atoms with Crippen LogP contribution in [0.4, 0.5) is 0 Å². The molecule has 0 aliphatic carbocycles. The number of hydrogen-bond acceptors (Lipinski definition) is 7. The Hall–Kier alpha value is -2.25. The molecule has 21 heavy (non-hydrogen) atoms. The van der Waals surface area contributed by atoms with Gasteiger partial charge in [-0.05, 0) is 0 Å². The molecule has 1 saturated heterocycles. The quantitative estimate of drug-likeness (QED) is 0.511. The first kappa shape index (κ1) is 13.7. The van der Waals surface area contributed by atoms with Gasteiger partial charge in [0.1, 0.15) is 29.8 Å². The third-order valence-corrected chi connectivity index (χ3v) is 3.53. The lowest BCUT2D eigenvalue weighted by atomic mass is 10.1. The number of H-pyrrole nitrogens is 1. The Labute approximate surface area is 117 Å². The zero-order valence-electron chi connectivity index (χ0n) is 10.7. The van der Waals surface area contributed by atoms with E-state index < -0.39 is 36.7 Å². The fourth-order valence-electron chi connectivity index (χ4n) is 2.48. The van der Waals surface area contributed by atoms with E-state index in [1.807, 2.05) is 6.07 Å². The van der Waals surface area contributed by atoms with Crippen molar-refractivity contribution in [3.63, 3.8) is 0 Å². The van der Waals surface area contributed by atoms with Gasteiger partial charge in [-0.2, -0.15) is 5.26 Å². The van der Waals surface area contributed by atoms with E-state index in [0.717, 1.165) is 0 Å². The van der Waals surface area contributed by atoms with Gasteiger partial charge in [0, 0.05) is 6.20 Å². The van der Waals surface area contributed by atoms with Crippen LogP contribution in [0.3, 0.4) is 0 Å². The third kappa shape index (κ3) is 1.93. The minimum absolute atomic E-state index is 0.0806. The minimum Gasteiger partial charge on any atom is -0.394 e. The molecule has 110 valence electrons. The highest BCUT2D eigenvalue weighted by atomic mass is 16.6. The summed E-state index contributed by atoms with van der Waals surface area (Å²) < 4.78 is 6.69. The van der Waals surface area contributed by atoms with Crippen molar-refractivity contribution >= 4 is 11.0 Å². The van der Waals surface area contributed by atoms with E-state index in [4.69, 9.17) is 15.1 Å². The molecule has 4 N–H and O–H groups in total. The van der Waals surface area contributed by atoms with E-state index in [9.17, 15) is 15.0 Å². The molecule has 0 spiro atoms. The highest BCUT2D eigenvalue weighted by molar-refractivity contribution is 5.82. The van der Waals surface area contributed by atoms with Gasteiger partial charge < -0.3 is 29.6 Å². The molecule has 0 saturated carbocycles. The molecule has 3 heterocycles. The molecule has 0 amide bonds. The number of nitriles is 1. The number of nitrogens with one attached hydrogen (secondary N) is 1. The zero-order chi connectivity index (χ0) is 15.1. The fourth-order valence-corrected chi connectivity index (χ4v) is 2.48. The highest BCUT2D eigenvalue weighted by Gasteiger charge is 2.44. The molecule has 2 aromatic rings. The lowest BCUT2D eigenvalue weighted by Gasteiger charge is -2.16. The Balaban J connectivity index is 2.17. The number of aliphatic hydroxyl groups is 3. The number of aromatic amines is 1. The van der Waals surface area contributed by atoms with Crippen LogP contribution in [-0.2, 0) is 4.74 Å². The molecule has 3 rings (SSSR count). The van der Waals surface area contributed by atoms with Gasteiger partial charge in [-0.1, -0.05) is 0 Å². The molecule has 0 unspecified atom stereocenters. The lowest BCUT2D eigenvalue weighted by molar-refractivity contribution is -0.0508. The number of aromatic nitrogens is 3. The first-order valence-corrected chi connectivity index (χ1v) is 6.19. The third-order valence-electron chi connectivity index (χ3n) is 3.53. The van der Waals surface area contributed by atoms with Gasteiger partial charge in [0.15, 0.2) is 11.9 Å². The zero-order valence-corrected chi connectivity index (χ0v) is 10.7. The van der Waals surface area contributed by atoms with Crippen molar-refractivity contribution in [2.45, 2.75) is 24.5 Å². The van der Waals surface area contributed by atoms with Crippen molar-refractivity contribution in [1.82, 2.24) is 14.5 Å². The number of hydrogen-bond donors (Lipinski definition) is 4. The van der Waals surface area contributed by atoms with Gasteiger partial charge >= 0.3 is 0 Å². The van der Waals surface area contributed by atoms with Gasteiger partial charge in [0.25, 0.3) is 5.56 Å². The Kier molecular flexibility index (Phi) is 3.23. The molecule has 4 atom stereocenters. The van der Waals surface area contributed by atoms with Crippen LogP contribution in [0, 0.1) is 11.3 Å². The van der Waals surface area contributed by atoms with Crippen molar-refractivity contribution in [2.24, 2.45) is 0 Å². The molecule has 9 heteroatoms. The molecule has 0 radical (unpaired) electrons. The standard InChI is InChI=1S/C12H12N4O5/c13-1-5-2-16(10-7(5)11(20)15-4-14-10)12-9(19)8(18)6(3-17)21-12/h2,4,6,8-9,12,17-19H,3H2,(H,14,15,20)/t6-,8+,9+,12+/m0/s1. The van der Waals surface area contributed by atoms with Gasteiger partial charge in [0.05, 0.1) is 18.5 Å². The predicted octanol–water partition coefficient (Wildman–Crippen LogP) is -1.79. The highest BCUT2D eigenvalue weighted by Crippen LogP contribution is 2.32. The molecule has 9 nitrogen and oxygen atoms in total. The maximum atomic E-state index is 11.8. The summed E-state index contributed by atoms with van der Waals surface area (Å²) in [4.78, 5) is 18.2. The summed E-state index contributed by atoms with van der Waals surface area (Å²) in [6, 6.07) is 1.88. The molecule has 0 bridgehead atoms. The number of aliphatic hydroxyl groups excluding tert-OH is 3. The van der Waals surface area contributed by atoms with E-state index in [0.29, 0.717) is 0 Å². The van der Waals surface area contributed by atoms with Gasteiger partial charge in [-0.25, -0.2) is 4.98 Å². The molecular formula is C12H12N4O5. The normalized spacial score (nSPS) is 28.9. The summed E-state index contributed by atoms with van der Waals surface area (Å²) in [5.74, 6) is 0. The predicted molar refractivity (Wildman–Crippen MR) is 68.1 cm³/mol. The number of rotatable bonds is 2. The first-order chi connectivity index (χ1) is 10.1. The average molecular weight is 292 g/mol. The second kappa shape index (κ2) is 4.94. The SMILES string of the molecule is N#Cc1cn([C@@H]2O[C@@H](CO)[C@@H](O)[C@H]2O)c2nc[nH]c(=O)c12. The molecular weight excluding hydrogens is 280 g/mol. The Morgan fingerprint density at radius 3 is 2.86 bits per heavy atom. The first-order valence-electron chi connectivity index (χ1n) is 6.19. The second-order valence-electron chi connectivity index (χ2n) is 4.72. The summed E-state index contributed by atoms with van der Waals surface area (Å²) >= 11 is 0. The lowest BCUT2D eigenvalue weighted by Crippen LogP contribution is -2.33. The van der Waals surface area contributed by atoms with Crippen LogP contribution >= 0.6 is 0 Å². The van der Waals surface area contributed by atoms with E-state index in [-0.39, 0.29) is 16.6 Å². The van der Waals surface area contributed by atoms with Crippen molar-refractivity contribution < 1.29 is 20.1 Å². The van der Waals surface area contributed by atoms with Crippen LogP contribution in [-0.4, -0.2) is 54.8 Å². The summed E-state index contributed by atoms with van der Waals surface area (Å²) in [5, 5.41) is 38.1. The molecule has 1 aliphatic rings. The van der Waals surface area contributed by atoms with E-state index in [2.05, 4.69) is 9.97 Å². The van der Waals surface area contributed by atoms with Crippen molar-refractivity contribution in [2.75, 3.05) is 6.61 Å².